The standard InChI is InChI=1S/C15H24N4O/c1-2-7-17-9-12-4-3-8-19(11-12)14-6-5-13(10-18-14)15(16)20/h5-6,10,12,17H,2-4,7-9,11H2,1H3,(H2,16,20). The van der Waals surface area contributed by atoms with Gasteiger partial charge in [-0.15, -0.1) is 0 Å². The topological polar surface area (TPSA) is 71.2 Å². The first-order valence-electron chi connectivity index (χ1n) is 7.42. The maximum absolute atomic E-state index is 11.0. The van der Waals surface area contributed by atoms with Gasteiger partial charge in [0.15, 0.2) is 0 Å². The van der Waals surface area contributed by atoms with Gasteiger partial charge in [0.1, 0.15) is 5.82 Å². The predicted molar refractivity (Wildman–Crippen MR) is 80.9 cm³/mol. The molecule has 2 rings (SSSR count). The molecule has 110 valence electrons. The molecule has 5 heteroatoms. The van der Waals surface area contributed by atoms with Crippen LogP contribution in [0.3, 0.4) is 0 Å². The molecule has 1 unspecified atom stereocenters. The Hall–Kier alpha value is -1.62. The van der Waals surface area contributed by atoms with Crippen molar-refractivity contribution in [3.05, 3.63) is 23.9 Å². The molecule has 5 nitrogen and oxygen atoms in total. The van der Waals surface area contributed by atoms with Crippen molar-refractivity contribution in [2.75, 3.05) is 31.1 Å². The van der Waals surface area contributed by atoms with Crippen LogP contribution in [0.2, 0.25) is 0 Å². The van der Waals surface area contributed by atoms with Crippen LogP contribution in [0.15, 0.2) is 18.3 Å². The normalized spacial score (nSPS) is 19.1. The maximum atomic E-state index is 11.0. The minimum absolute atomic E-state index is 0.427. The molecule has 0 spiro atoms. The van der Waals surface area contributed by atoms with Crippen LogP contribution in [0.5, 0.6) is 0 Å². The zero-order chi connectivity index (χ0) is 14.4. The molecule has 0 aliphatic carbocycles. The molecule has 1 aromatic heterocycles. The number of primary amides is 1. The lowest BCUT2D eigenvalue weighted by Gasteiger charge is -2.33. The Bertz CT molecular complexity index is 432. The lowest BCUT2D eigenvalue weighted by molar-refractivity contribution is 0.1000. The van der Waals surface area contributed by atoms with Crippen LogP contribution >= 0.6 is 0 Å². The molecule has 1 atom stereocenters. The lowest BCUT2D eigenvalue weighted by Crippen LogP contribution is -2.40. The highest BCUT2D eigenvalue weighted by Gasteiger charge is 2.20. The number of pyridine rings is 1. The first-order chi connectivity index (χ1) is 9.70. The van der Waals surface area contributed by atoms with E-state index in [0.29, 0.717) is 11.5 Å². The van der Waals surface area contributed by atoms with E-state index in [1.807, 2.05) is 6.07 Å². The second-order valence-corrected chi connectivity index (χ2v) is 5.43. The third kappa shape index (κ3) is 3.93. The zero-order valence-corrected chi connectivity index (χ0v) is 12.1. The smallest absolute Gasteiger partial charge is 0.250 e. The number of nitrogens with zero attached hydrogens (tertiary/aromatic N) is 2. The number of amides is 1. The van der Waals surface area contributed by atoms with E-state index in [1.165, 1.54) is 19.3 Å². The fourth-order valence-corrected chi connectivity index (χ4v) is 2.64. The molecule has 0 bridgehead atoms. The third-order valence-corrected chi connectivity index (χ3v) is 3.74. The molecule has 1 aliphatic rings. The van der Waals surface area contributed by atoms with Gasteiger partial charge in [-0.05, 0) is 50.4 Å². The summed E-state index contributed by atoms with van der Waals surface area (Å²) >= 11 is 0. The van der Waals surface area contributed by atoms with E-state index in [1.54, 1.807) is 12.3 Å². The molecule has 1 saturated heterocycles. The number of nitrogens with two attached hydrogens (primary N) is 1. The van der Waals surface area contributed by atoms with Crippen LogP contribution in [-0.2, 0) is 0 Å². The van der Waals surface area contributed by atoms with E-state index in [-0.39, 0.29) is 0 Å². The van der Waals surface area contributed by atoms with Gasteiger partial charge in [0.2, 0.25) is 5.91 Å². The van der Waals surface area contributed by atoms with E-state index in [0.717, 1.165) is 32.0 Å². The summed E-state index contributed by atoms with van der Waals surface area (Å²) in [6, 6.07) is 3.64. The van der Waals surface area contributed by atoms with E-state index in [2.05, 4.69) is 22.1 Å². The van der Waals surface area contributed by atoms with Crippen molar-refractivity contribution in [2.24, 2.45) is 11.7 Å². The van der Waals surface area contributed by atoms with Crippen LogP contribution in [0.25, 0.3) is 0 Å². The molecular weight excluding hydrogens is 252 g/mol. The van der Waals surface area contributed by atoms with Gasteiger partial charge in [0.25, 0.3) is 0 Å². The highest BCUT2D eigenvalue weighted by Crippen LogP contribution is 2.21. The summed E-state index contributed by atoms with van der Waals surface area (Å²) in [6.07, 6.45) is 5.20. The average Bonchev–Trinajstić information content (AvgIpc) is 2.48. The number of anilines is 1. The largest absolute Gasteiger partial charge is 0.366 e. The van der Waals surface area contributed by atoms with Crippen molar-refractivity contribution in [2.45, 2.75) is 26.2 Å². The summed E-state index contributed by atoms with van der Waals surface area (Å²) in [5, 5.41) is 3.49. The number of aromatic nitrogens is 1. The quantitative estimate of drug-likeness (QED) is 0.770. The first kappa shape index (κ1) is 14.8. The Morgan fingerprint density at radius 2 is 2.40 bits per heavy atom. The van der Waals surface area contributed by atoms with Gasteiger partial charge in [-0.2, -0.15) is 0 Å². The third-order valence-electron chi connectivity index (χ3n) is 3.74. The van der Waals surface area contributed by atoms with Gasteiger partial charge >= 0.3 is 0 Å². The Morgan fingerprint density at radius 1 is 1.55 bits per heavy atom. The first-order valence-corrected chi connectivity index (χ1v) is 7.42. The number of hydrogen-bond donors (Lipinski definition) is 2. The zero-order valence-electron chi connectivity index (χ0n) is 12.1. The molecule has 3 N–H and O–H groups in total. The van der Waals surface area contributed by atoms with Gasteiger partial charge < -0.3 is 16.0 Å². The molecule has 1 aromatic rings. The van der Waals surface area contributed by atoms with Crippen LogP contribution < -0.4 is 16.0 Å². The molecule has 1 fully saturated rings. The molecule has 20 heavy (non-hydrogen) atoms. The molecule has 1 amide bonds. The Labute approximate surface area is 120 Å². The molecule has 0 saturated carbocycles. The number of piperidine rings is 1. The van der Waals surface area contributed by atoms with Crippen molar-refractivity contribution < 1.29 is 4.79 Å². The minimum Gasteiger partial charge on any atom is -0.366 e. The number of carbonyl (C=O) groups excluding carboxylic acids is 1. The fraction of sp³-hybridized carbons (Fsp3) is 0.600. The summed E-state index contributed by atoms with van der Waals surface area (Å²) in [5.74, 6) is 1.19. The lowest BCUT2D eigenvalue weighted by atomic mass is 9.98. The number of nitrogens with one attached hydrogen (secondary N) is 1. The Balaban J connectivity index is 1.92. The summed E-state index contributed by atoms with van der Waals surface area (Å²) in [4.78, 5) is 17.7. The van der Waals surface area contributed by atoms with Crippen LogP contribution in [0, 0.1) is 5.92 Å². The molecule has 0 aromatic carbocycles. The Kier molecular flexibility index (Phi) is 5.35. The summed E-state index contributed by atoms with van der Waals surface area (Å²) in [6.45, 7) is 6.41. The van der Waals surface area contributed by atoms with Crippen LogP contribution in [0.1, 0.15) is 36.5 Å². The van der Waals surface area contributed by atoms with E-state index in [4.69, 9.17) is 5.73 Å². The van der Waals surface area contributed by atoms with Crippen molar-refractivity contribution in [3.8, 4) is 0 Å². The molecule has 1 aliphatic heterocycles. The second kappa shape index (κ2) is 7.24. The van der Waals surface area contributed by atoms with Gasteiger partial charge in [0.05, 0.1) is 5.56 Å². The SMILES string of the molecule is CCCNCC1CCCN(c2ccc(C(N)=O)cn2)C1. The van der Waals surface area contributed by atoms with E-state index < -0.39 is 5.91 Å². The van der Waals surface area contributed by atoms with Gasteiger partial charge in [0, 0.05) is 19.3 Å². The predicted octanol–water partition coefficient (Wildman–Crippen LogP) is 1.40. The summed E-state index contributed by atoms with van der Waals surface area (Å²) in [7, 11) is 0. The average molecular weight is 276 g/mol. The number of rotatable bonds is 6. The molecule has 0 radical (unpaired) electrons. The second-order valence-electron chi connectivity index (χ2n) is 5.43. The highest BCUT2D eigenvalue weighted by molar-refractivity contribution is 5.92. The number of carbonyl (C=O) groups is 1. The Morgan fingerprint density at radius 3 is 3.05 bits per heavy atom. The molecule has 2 heterocycles. The van der Waals surface area contributed by atoms with Crippen molar-refractivity contribution in [3.63, 3.8) is 0 Å². The van der Waals surface area contributed by atoms with Crippen molar-refractivity contribution in [1.29, 1.82) is 0 Å². The van der Waals surface area contributed by atoms with Crippen LogP contribution in [0.4, 0.5) is 5.82 Å². The minimum atomic E-state index is -0.427. The van der Waals surface area contributed by atoms with Crippen molar-refractivity contribution >= 4 is 11.7 Å². The van der Waals surface area contributed by atoms with Gasteiger partial charge in [-0.3, -0.25) is 4.79 Å². The van der Waals surface area contributed by atoms with E-state index >= 15 is 0 Å². The van der Waals surface area contributed by atoms with Gasteiger partial charge in [-0.1, -0.05) is 6.92 Å². The highest BCUT2D eigenvalue weighted by atomic mass is 16.1. The monoisotopic (exact) mass is 276 g/mol. The summed E-state index contributed by atoms with van der Waals surface area (Å²) < 4.78 is 0. The fourth-order valence-electron chi connectivity index (χ4n) is 2.64. The van der Waals surface area contributed by atoms with E-state index in [9.17, 15) is 4.79 Å². The summed E-state index contributed by atoms with van der Waals surface area (Å²) in [5.41, 5.74) is 5.70. The number of hydrogen-bond acceptors (Lipinski definition) is 4. The maximum Gasteiger partial charge on any atom is 0.250 e. The van der Waals surface area contributed by atoms with Crippen LogP contribution in [-0.4, -0.2) is 37.1 Å². The van der Waals surface area contributed by atoms with Gasteiger partial charge in [-0.25, -0.2) is 4.98 Å². The van der Waals surface area contributed by atoms with Crippen molar-refractivity contribution in [1.82, 2.24) is 10.3 Å². The molecular formula is C15H24N4O.